The summed E-state index contributed by atoms with van der Waals surface area (Å²) in [7, 11) is 1.81. The van der Waals surface area contributed by atoms with Crippen LogP contribution in [0.25, 0.3) is 0 Å². The number of hydrazine groups is 1. The van der Waals surface area contributed by atoms with Crippen LogP contribution in [0.3, 0.4) is 0 Å². The summed E-state index contributed by atoms with van der Waals surface area (Å²) >= 11 is 0. The second kappa shape index (κ2) is 5.07. The molecule has 6 heteroatoms. The summed E-state index contributed by atoms with van der Waals surface area (Å²) in [4.78, 5) is 0. The Morgan fingerprint density at radius 3 is 2.42 bits per heavy atom. The van der Waals surface area contributed by atoms with Gasteiger partial charge in [0.1, 0.15) is 5.82 Å². The molecule has 0 saturated carbocycles. The predicted octanol–water partition coefficient (Wildman–Crippen LogP) is 1.44. The summed E-state index contributed by atoms with van der Waals surface area (Å²) in [5, 5.41) is 7.79. The zero-order valence-electron chi connectivity index (χ0n) is 11.3. The maximum atomic E-state index is 13.0. The second-order valence-electron chi connectivity index (χ2n) is 5.11. The number of aromatic nitrogens is 3. The van der Waals surface area contributed by atoms with Crippen LogP contribution in [0.4, 0.5) is 4.39 Å². The van der Waals surface area contributed by atoms with Gasteiger partial charge in [-0.15, -0.1) is 5.10 Å². The molecular weight excluding hydrogens is 245 g/mol. The number of hydrogen-bond donors (Lipinski definition) is 2. The Kier molecular flexibility index (Phi) is 3.64. The minimum atomic E-state index is -0.335. The average molecular weight is 263 g/mol. The molecule has 19 heavy (non-hydrogen) atoms. The first-order valence-corrected chi connectivity index (χ1v) is 6.03. The van der Waals surface area contributed by atoms with Crippen molar-refractivity contribution in [2.75, 3.05) is 0 Å². The fraction of sp³-hybridized carbons (Fsp3) is 0.385. The topological polar surface area (TPSA) is 68.8 Å². The van der Waals surface area contributed by atoms with E-state index < -0.39 is 0 Å². The first-order valence-electron chi connectivity index (χ1n) is 6.03. The monoisotopic (exact) mass is 263 g/mol. The van der Waals surface area contributed by atoms with Crippen molar-refractivity contribution in [2.45, 2.75) is 25.3 Å². The lowest BCUT2D eigenvalue weighted by atomic mass is 9.76. The number of nitrogens with zero attached hydrogens (tertiary/aromatic N) is 3. The molecule has 0 spiro atoms. The molecule has 0 aliphatic rings. The molecule has 0 aliphatic carbocycles. The number of rotatable bonds is 4. The van der Waals surface area contributed by atoms with E-state index in [4.69, 9.17) is 5.84 Å². The summed E-state index contributed by atoms with van der Waals surface area (Å²) in [6.07, 6.45) is 1.68. The molecule has 1 atom stereocenters. The fourth-order valence-corrected chi connectivity index (χ4v) is 2.27. The van der Waals surface area contributed by atoms with Crippen LogP contribution in [-0.2, 0) is 12.5 Å². The van der Waals surface area contributed by atoms with Gasteiger partial charge in [0, 0.05) is 12.5 Å². The number of aryl methyl sites for hydroxylation is 1. The van der Waals surface area contributed by atoms with E-state index in [0.717, 1.165) is 11.3 Å². The zero-order chi connectivity index (χ0) is 14.0. The van der Waals surface area contributed by atoms with Gasteiger partial charge in [-0.05, 0) is 17.7 Å². The van der Waals surface area contributed by atoms with Crippen LogP contribution in [0, 0.1) is 5.82 Å². The summed E-state index contributed by atoms with van der Waals surface area (Å²) < 4.78 is 14.7. The van der Waals surface area contributed by atoms with Gasteiger partial charge in [0.05, 0.1) is 17.9 Å². The normalized spacial score (nSPS) is 13.5. The van der Waals surface area contributed by atoms with E-state index in [0.29, 0.717) is 0 Å². The first-order chi connectivity index (χ1) is 8.96. The van der Waals surface area contributed by atoms with Crippen molar-refractivity contribution in [3.8, 4) is 0 Å². The summed E-state index contributed by atoms with van der Waals surface area (Å²) in [5.41, 5.74) is 4.33. The highest BCUT2D eigenvalue weighted by atomic mass is 19.1. The molecule has 1 aromatic heterocycles. The van der Waals surface area contributed by atoms with E-state index in [1.165, 1.54) is 12.1 Å². The minimum Gasteiger partial charge on any atom is -0.271 e. The standard InChI is InChI=1S/C13H18FN5/c1-13(2,9-4-6-10(14)7-5-9)12(17-15)11-8-16-18-19(11)3/h4-8,12,17H,15H2,1-3H3. The van der Waals surface area contributed by atoms with Crippen molar-refractivity contribution >= 4 is 0 Å². The highest BCUT2D eigenvalue weighted by molar-refractivity contribution is 5.29. The number of hydrogen-bond acceptors (Lipinski definition) is 4. The van der Waals surface area contributed by atoms with E-state index >= 15 is 0 Å². The molecule has 2 rings (SSSR count). The van der Waals surface area contributed by atoms with Gasteiger partial charge in [-0.3, -0.25) is 16.0 Å². The lowest BCUT2D eigenvalue weighted by molar-refractivity contribution is 0.336. The van der Waals surface area contributed by atoms with Crippen molar-refractivity contribution in [3.05, 3.63) is 47.5 Å². The Bertz CT molecular complexity index is 546. The van der Waals surface area contributed by atoms with E-state index in [-0.39, 0.29) is 17.3 Å². The lowest BCUT2D eigenvalue weighted by Gasteiger charge is -2.34. The molecule has 102 valence electrons. The maximum Gasteiger partial charge on any atom is 0.123 e. The summed E-state index contributed by atoms with van der Waals surface area (Å²) in [6.45, 7) is 4.08. The van der Waals surface area contributed by atoms with Crippen LogP contribution in [-0.4, -0.2) is 15.0 Å². The van der Waals surface area contributed by atoms with Gasteiger partial charge in [0.15, 0.2) is 0 Å². The molecule has 1 heterocycles. The molecule has 0 amide bonds. The third-order valence-corrected chi connectivity index (χ3v) is 3.52. The fourth-order valence-electron chi connectivity index (χ4n) is 2.27. The third kappa shape index (κ3) is 2.50. The molecule has 0 bridgehead atoms. The number of nitrogens with two attached hydrogens (primary N) is 1. The minimum absolute atomic E-state index is 0.182. The number of nitrogens with one attached hydrogen (secondary N) is 1. The molecular formula is C13H18FN5. The van der Waals surface area contributed by atoms with Gasteiger partial charge in [-0.25, -0.2) is 4.39 Å². The summed E-state index contributed by atoms with van der Waals surface area (Å²) in [6, 6.07) is 6.25. The van der Waals surface area contributed by atoms with Crippen molar-refractivity contribution in [2.24, 2.45) is 12.9 Å². The maximum absolute atomic E-state index is 13.0. The van der Waals surface area contributed by atoms with Gasteiger partial charge >= 0.3 is 0 Å². The Morgan fingerprint density at radius 2 is 1.95 bits per heavy atom. The molecule has 0 aliphatic heterocycles. The Balaban J connectivity index is 2.41. The van der Waals surface area contributed by atoms with Gasteiger partial charge < -0.3 is 0 Å². The van der Waals surface area contributed by atoms with E-state index in [1.807, 2.05) is 20.9 Å². The van der Waals surface area contributed by atoms with Crippen LogP contribution in [0.1, 0.15) is 31.1 Å². The van der Waals surface area contributed by atoms with Gasteiger partial charge in [-0.2, -0.15) is 0 Å². The SMILES string of the molecule is Cn1nncc1C(NN)C(C)(C)c1ccc(F)cc1. The predicted molar refractivity (Wildman–Crippen MR) is 70.5 cm³/mol. The van der Waals surface area contributed by atoms with Crippen LogP contribution >= 0.6 is 0 Å². The molecule has 0 fully saturated rings. The zero-order valence-corrected chi connectivity index (χ0v) is 11.3. The van der Waals surface area contributed by atoms with Crippen molar-refractivity contribution < 1.29 is 4.39 Å². The largest absolute Gasteiger partial charge is 0.271 e. The average Bonchev–Trinajstić information content (AvgIpc) is 2.77. The Hall–Kier alpha value is -1.79. The molecule has 1 unspecified atom stereocenters. The van der Waals surface area contributed by atoms with Crippen molar-refractivity contribution in [3.63, 3.8) is 0 Å². The molecule has 0 saturated heterocycles. The smallest absolute Gasteiger partial charge is 0.123 e. The number of benzene rings is 1. The molecule has 5 nitrogen and oxygen atoms in total. The van der Waals surface area contributed by atoms with Gasteiger partial charge in [0.2, 0.25) is 0 Å². The highest BCUT2D eigenvalue weighted by Crippen LogP contribution is 2.35. The Labute approximate surface area is 111 Å². The van der Waals surface area contributed by atoms with E-state index in [9.17, 15) is 4.39 Å². The lowest BCUT2D eigenvalue weighted by Crippen LogP contribution is -2.42. The third-order valence-electron chi connectivity index (χ3n) is 3.52. The van der Waals surface area contributed by atoms with Crippen LogP contribution < -0.4 is 11.3 Å². The molecule has 0 radical (unpaired) electrons. The molecule has 3 N–H and O–H groups in total. The first kappa shape index (κ1) is 13.6. The molecule has 2 aromatic rings. The quantitative estimate of drug-likeness (QED) is 0.647. The van der Waals surface area contributed by atoms with Crippen molar-refractivity contribution in [1.29, 1.82) is 0 Å². The van der Waals surface area contributed by atoms with Gasteiger partial charge in [-0.1, -0.05) is 31.2 Å². The summed E-state index contributed by atoms with van der Waals surface area (Å²) in [5.74, 6) is 5.44. The van der Waals surface area contributed by atoms with Crippen LogP contribution in [0.15, 0.2) is 30.5 Å². The van der Waals surface area contributed by atoms with Gasteiger partial charge in [0.25, 0.3) is 0 Å². The molecule has 1 aromatic carbocycles. The highest BCUT2D eigenvalue weighted by Gasteiger charge is 2.34. The second-order valence-corrected chi connectivity index (χ2v) is 5.11. The van der Waals surface area contributed by atoms with E-state index in [2.05, 4.69) is 15.7 Å². The number of halogens is 1. The van der Waals surface area contributed by atoms with E-state index in [1.54, 1.807) is 23.0 Å². The Morgan fingerprint density at radius 1 is 1.32 bits per heavy atom. The van der Waals surface area contributed by atoms with Crippen LogP contribution in [0.2, 0.25) is 0 Å². The van der Waals surface area contributed by atoms with Crippen LogP contribution in [0.5, 0.6) is 0 Å². The van der Waals surface area contributed by atoms with Crippen molar-refractivity contribution in [1.82, 2.24) is 20.4 Å².